The van der Waals surface area contributed by atoms with Crippen molar-refractivity contribution >= 4 is 0 Å². The van der Waals surface area contributed by atoms with Gasteiger partial charge in [0.25, 0.3) is 0 Å². The van der Waals surface area contributed by atoms with Gasteiger partial charge in [-0.15, -0.1) is 6.58 Å². The Balaban J connectivity index is 2.42. The van der Waals surface area contributed by atoms with E-state index < -0.39 is 0 Å². The Morgan fingerprint density at radius 1 is 1.18 bits per heavy atom. The van der Waals surface area contributed by atoms with Gasteiger partial charge in [0.15, 0.2) is 0 Å². The summed E-state index contributed by atoms with van der Waals surface area (Å²) >= 11 is 0. The zero-order chi connectivity index (χ0) is 12.3. The van der Waals surface area contributed by atoms with Crippen LogP contribution in [0, 0.1) is 0 Å². The van der Waals surface area contributed by atoms with Crippen molar-refractivity contribution in [2.75, 3.05) is 6.61 Å². The van der Waals surface area contributed by atoms with E-state index in [-0.39, 0.29) is 0 Å². The van der Waals surface area contributed by atoms with Gasteiger partial charge in [-0.2, -0.15) is 0 Å². The minimum absolute atomic E-state index is 0.834. The molecule has 0 saturated heterocycles. The van der Waals surface area contributed by atoms with Crippen molar-refractivity contribution in [3.63, 3.8) is 0 Å². The van der Waals surface area contributed by atoms with Gasteiger partial charge >= 0.3 is 0 Å². The molecule has 0 aliphatic heterocycles. The van der Waals surface area contributed by atoms with Crippen LogP contribution in [0.5, 0.6) is 5.75 Å². The fourth-order valence-electron chi connectivity index (χ4n) is 1.78. The lowest BCUT2D eigenvalue weighted by Gasteiger charge is -2.10. The first-order chi connectivity index (χ1) is 8.38. The van der Waals surface area contributed by atoms with Gasteiger partial charge in [-0.1, -0.05) is 37.6 Å². The molecule has 0 heterocycles. The van der Waals surface area contributed by atoms with Gasteiger partial charge in [-0.25, -0.2) is 0 Å². The summed E-state index contributed by atoms with van der Waals surface area (Å²) < 4.78 is 5.81. The SMILES string of the molecule is C=CCCCCc1ccccc1OCCCC. The molecular formula is C16H24O. The third-order valence-electron chi connectivity index (χ3n) is 2.83. The molecule has 0 aliphatic carbocycles. The average Bonchev–Trinajstić information content (AvgIpc) is 2.36. The maximum atomic E-state index is 5.81. The van der Waals surface area contributed by atoms with Crippen LogP contribution in [-0.4, -0.2) is 6.61 Å². The molecule has 94 valence electrons. The highest BCUT2D eigenvalue weighted by Crippen LogP contribution is 2.20. The lowest BCUT2D eigenvalue weighted by Crippen LogP contribution is -1.99. The highest BCUT2D eigenvalue weighted by Gasteiger charge is 2.02. The molecule has 0 amide bonds. The molecule has 17 heavy (non-hydrogen) atoms. The molecule has 0 bridgehead atoms. The summed E-state index contributed by atoms with van der Waals surface area (Å²) in [5, 5.41) is 0. The third kappa shape index (κ3) is 5.58. The molecule has 0 N–H and O–H groups in total. The number of aryl methyl sites for hydroxylation is 1. The number of ether oxygens (including phenoxy) is 1. The van der Waals surface area contributed by atoms with E-state index >= 15 is 0 Å². The van der Waals surface area contributed by atoms with E-state index in [1.807, 2.05) is 6.08 Å². The van der Waals surface area contributed by atoms with Crippen LogP contribution in [0.25, 0.3) is 0 Å². The van der Waals surface area contributed by atoms with E-state index in [0.29, 0.717) is 0 Å². The highest BCUT2D eigenvalue weighted by molar-refractivity contribution is 5.33. The number of unbranched alkanes of at least 4 members (excludes halogenated alkanes) is 3. The van der Waals surface area contributed by atoms with Gasteiger partial charge in [-0.3, -0.25) is 0 Å². The standard InChI is InChI=1S/C16H24O/c1-3-5-7-8-11-15-12-9-10-13-16(15)17-14-6-4-2/h3,9-10,12-13H,1,4-8,11,14H2,2H3. The second kappa shape index (κ2) is 8.86. The number of hydrogen-bond acceptors (Lipinski definition) is 1. The fourth-order valence-corrected chi connectivity index (χ4v) is 1.78. The largest absolute Gasteiger partial charge is 0.493 e. The second-order valence-corrected chi connectivity index (χ2v) is 4.34. The monoisotopic (exact) mass is 232 g/mol. The lowest BCUT2D eigenvalue weighted by atomic mass is 10.1. The molecule has 0 unspecified atom stereocenters. The number of allylic oxidation sites excluding steroid dienone is 1. The number of hydrogen-bond donors (Lipinski definition) is 0. The maximum Gasteiger partial charge on any atom is 0.122 e. The number of benzene rings is 1. The van der Waals surface area contributed by atoms with Crippen LogP contribution in [0.2, 0.25) is 0 Å². The fraction of sp³-hybridized carbons (Fsp3) is 0.500. The van der Waals surface area contributed by atoms with E-state index in [1.165, 1.54) is 24.8 Å². The van der Waals surface area contributed by atoms with Crippen LogP contribution in [0.15, 0.2) is 36.9 Å². The number of para-hydroxylation sites is 1. The Hall–Kier alpha value is -1.24. The van der Waals surface area contributed by atoms with E-state index in [1.54, 1.807) is 0 Å². The molecule has 0 aliphatic rings. The van der Waals surface area contributed by atoms with E-state index in [4.69, 9.17) is 4.74 Å². The van der Waals surface area contributed by atoms with Crippen LogP contribution in [0.4, 0.5) is 0 Å². The first-order valence-corrected chi connectivity index (χ1v) is 6.70. The zero-order valence-corrected chi connectivity index (χ0v) is 11.0. The summed E-state index contributed by atoms with van der Waals surface area (Å²) in [5.41, 5.74) is 1.34. The zero-order valence-electron chi connectivity index (χ0n) is 11.0. The topological polar surface area (TPSA) is 9.23 Å². The Morgan fingerprint density at radius 3 is 2.76 bits per heavy atom. The predicted octanol–water partition coefficient (Wildman–Crippen LogP) is 4.76. The minimum atomic E-state index is 0.834. The van der Waals surface area contributed by atoms with E-state index in [9.17, 15) is 0 Å². The second-order valence-electron chi connectivity index (χ2n) is 4.34. The van der Waals surface area contributed by atoms with Crippen molar-refractivity contribution in [2.24, 2.45) is 0 Å². The maximum absolute atomic E-state index is 5.81. The summed E-state index contributed by atoms with van der Waals surface area (Å²) in [4.78, 5) is 0. The quantitative estimate of drug-likeness (QED) is 0.440. The molecule has 0 saturated carbocycles. The van der Waals surface area contributed by atoms with Crippen molar-refractivity contribution < 1.29 is 4.74 Å². The summed E-state index contributed by atoms with van der Waals surface area (Å²) in [6.45, 7) is 6.77. The van der Waals surface area contributed by atoms with Crippen LogP contribution < -0.4 is 4.74 Å². The van der Waals surface area contributed by atoms with Crippen LogP contribution in [0.1, 0.15) is 44.6 Å². The Kier molecular flexibility index (Phi) is 7.20. The third-order valence-corrected chi connectivity index (χ3v) is 2.83. The summed E-state index contributed by atoms with van der Waals surface area (Å²) in [6, 6.07) is 8.40. The van der Waals surface area contributed by atoms with Crippen LogP contribution in [-0.2, 0) is 6.42 Å². The van der Waals surface area contributed by atoms with Gasteiger partial charge in [0, 0.05) is 0 Å². The molecule has 0 atom stereocenters. The van der Waals surface area contributed by atoms with Crippen LogP contribution >= 0.6 is 0 Å². The normalized spacial score (nSPS) is 10.2. The van der Waals surface area contributed by atoms with Gasteiger partial charge in [-0.05, 0) is 43.7 Å². The predicted molar refractivity (Wildman–Crippen MR) is 74.6 cm³/mol. The number of rotatable bonds is 9. The molecule has 1 rings (SSSR count). The molecule has 0 spiro atoms. The molecule has 0 aromatic heterocycles. The van der Waals surface area contributed by atoms with Crippen molar-refractivity contribution in [1.29, 1.82) is 0 Å². The molecule has 0 radical (unpaired) electrons. The Labute approximate surface area is 106 Å². The highest BCUT2D eigenvalue weighted by atomic mass is 16.5. The van der Waals surface area contributed by atoms with Crippen molar-refractivity contribution in [3.05, 3.63) is 42.5 Å². The molecule has 0 fully saturated rings. The molecule has 1 aromatic carbocycles. The van der Waals surface area contributed by atoms with E-state index in [0.717, 1.165) is 31.6 Å². The van der Waals surface area contributed by atoms with Crippen molar-refractivity contribution in [3.8, 4) is 5.75 Å². The Morgan fingerprint density at radius 2 is 2.00 bits per heavy atom. The molecule has 1 heteroatoms. The summed E-state index contributed by atoms with van der Waals surface area (Å²) in [7, 11) is 0. The smallest absolute Gasteiger partial charge is 0.122 e. The van der Waals surface area contributed by atoms with Crippen molar-refractivity contribution in [1.82, 2.24) is 0 Å². The lowest BCUT2D eigenvalue weighted by molar-refractivity contribution is 0.306. The minimum Gasteiger partial charge on any atom is -0.493 e. The molecule has 1 nitrogen and oxygen atoms in total. The van der Waals surface area contributed by atoms with Crippen LogP contribution in [0.3, 0.4) is 0 Å². The molecular weight excluding hydrogens is 208 g/mol. The first-order valence-electron chi connectivity index (χ1n) is 6.70. The average molecular weight is 232 g/mol. The van der Waals surface area contributed by atoms with Crippen molar-refractivity contribution in [2.45, 2.75) is 45.4 Å². The summed E-state index contributed by atoms with van der Waals surface area (Å²) in [5.74, 6) is 1.07. The Bertz CT molecular complexity index is 317. The van der Waals surface area contributed by atoms with Gasteiger partial charge in [0.05, 0.1) is 6.61 Å². The summed E-state index contributed by atoms with van der Waals surface area (Å²) in [6.07, 6.45) is 8.94. The molecule has 1 aromatic rings. The van der Waals surface area contributed by atoms with Gasteiger partial charge < -0.3 is 4.74 Å². The van der Waals surface area contributed by atoms with E-state index in [2.05, 4.69) is 37.8 Å². The van der Waals surface area contributed by atoms with Gasteiger partial charge in [0.2, 0.25) is 0 Å². The van der Waals surface area contributed by atoms with Gasteiger partial charge in [0.1, 0.15) is 5.75 Å². The first kappa shape index (κ1) is 13.8.